The average molecular weight is 413 g/mol. The van der Waals surface area contributed by atoms with E-state index in [0.717, 1.165) is 22.3 Å². The summed E-state index contributed by atoms with van der Waals surface area (Å²) in [6.07, 6.45) is 3.52. The molecule has 4 nitrogen and oxygen atoms in total. The fraction of sp³-hybridized carbons (Fsp3) is 0.375. The van der Waals surface area contributed by atoms with Crippen molar-refractivity contribution in [3.05, 3.63) is 88.0 Å². The van der Waals surface area contributed by atoms with Crippen molar-refractivity contribution in [2.45, 2.75) is 51.9 Å². The number of methoxy groups -OCH3 is 1. The first kappa shape index (κ1) is 21.6. The highest BCUT2D eigenvalue weighted by atomic mass is 35.5. The molecular weight excluding hydrogens is 384 g/mol. The van der Waals surface area contributed by atoms with Gasteiger partial charge in [0.05, 0.1) is 0 Å². The smallest absolute Gasteiger partial charge is 0.173 e. The molecule has 0 spiro atoms. The van der Waals surface area contributed by atoms with E-state index in [-0.39, 0.29) is 11.8 Å². The molecular formula is C24H29ClN2O2. The van der Waals surface area contributed by atoms with Gasteiger partial charge in [0, 0.05) is 30.1 Å². The van der Waals surface area contributed by atoms with Crippen molar-refractivity contribution < 1.29 is 9.84 Å². The van der Waals surface area contributed by atoms with E-state index < -0.39 is 5.60 Å². The zero-order valence-electron chi connectivity index (χ0n) is 17.7. The summed E-state index contributed by atoms with van der Waals surface area (Å²) in [7, 11) is 1.63. The fourth-order valence-corrected chi connectivity index (χ4v) is 4.04. The summed E-state index contributed by atoms with van der Waals surface area (Å²) in [5.74, 6) is 0.985. The lowest BCUT2D eigenvalue weighted by Crippen LogP contribution is -2.35. The number of hydrogen-bond acceptors (Lipinski definition) is 3. The van der Waals surface area contributed by atoms with Crippen LogP contribution in [0.25, 0.3) is 0 Å². The molecule has 1 unspecified atom stereocenters. The molecule has 1 aromatic heterocycles. The predicted octanol–water partition coefficient (Wildman–Crippen LogP) is 5.67. The molecule has 3 aromatic rings. The van der Waals surface area contributed by atoms with Crippen LogP contribution in [0.1, 0.15) is 67.6 Å². The minimum absolute atomic E-state index is 0.230. The Morgan fingerprint density at radius 3 is 2.14 bits per heavy atom. The molecule has 0 bridgehead atoms. The monoisotopic (exact) mass is 412 g/mol. The van der Waals surface area contributed by atoms with E-state index in [1.165, 1.54) is 0 Å². The van der Waals surface area contributed by atoms with Crippen molar-refractivity contribution in [1.29, 1.82) is 0 Å². The van der Waals surface area contributed by atoms with E-state index >= 15 is 0 Å². The summed E-state index contributed by atoms with van der Waals surface area (Å²) in [6.45, 7) is 8.88. The number of benzene rings is 2. The molecule has 1 N–H and O–H groups in total. The summed E-state index contributed by atoms with van der Waals surface area (Å²) in [6, 6.07) is 13.6. The second-order valence-corrected chi connectivity index (χ2v) is 8.41. The SMILES string of the molecule is COCn1ccnc1C(O)(c1ccc(Cl)cc1)c1c(C(C)C)cccc1C(C)C. The van der Waals surface area contributed by atoms with Gasteiger partial charge in [0.1, 0.15) is 6.73 Å². The summed E-state index contributed by atoms with van der Waals surface area (Å²) in [5.41, 5.74) is 2.35. The van der Waals surface area contributed by atoms with Gasteiger partial charge in [-0.2, -0.15) is 0 Å². The highest BCUT2D eigenvalue weighted by Crippen LogP contribution is 2.43. The molecule has 5 heteroatoms. The van der Waals surface area contributed by atoms with Gasteiger partial charge in [-0.15, -0.1) is 0 Å². The lowest BCUT2D eigenvalue weighted by molar-refractivity contribution is 0.0830. The van der Waals surface area contributed by atoms with E-state index in [0.29, 0.717) is 17.6 Å². The first-order valence-corrected chi connectivity index (χ1v) is 10.3. The quantitative estimate of drug-likeness (QED) is 0.543. The number of aromatic nitrogens is 2. The summed E-state index contributed by atoms with van der Waals surface area (Å²) in [5, 5.41) is 13.1. The van der Waals surface area contributed by atoms with Gasteiger partial charge >= 0.3 is 0 Å². The van der Waals surface area contributed by atoms with E-state index in [9.17, 15) is 5.11 Å². The van der Waals surface area contributed by atoms with E-state index in [4.69, 9.17) is 16.3 Å². The first-order valence-electron chi connectivity index (χ1n) is 9.92. The van der Waals surface area contributed by atoms with E-state index in [1.54, 1.807) is 25.4 Å². The Balaban J connectivity index is 2.42. The van der Waals surface area contributed by atoms with Gasteiger partial charge in [0.15, 0.2) is 11.4 Å². The summed E-state index contributed by atoms with van der Waals surface area (Å²) < 4.78 is 7.20. The van der Waals surface area contributed by atoms with Gasteiger partial charge in [-0.3, -0.25) is 0 Å². The fourth-order valence-electron chi connectivity index (χ4n) is 3.92. The van der Waals surface area contributed by atoms with Crippen LogP contribution in [-0.4, -0.2) is 21.8 Å². The molecule has 29 heavy (non-hydrogen) atoms. The molecule has 0 fully saturated rings. The molecule has 0 aliphatic rings. The van der Waals surface area contributed by atoms with Crippen molar-refractivity contribution in [3.63, 3.8) is 0 Å². The van der Waals surface area contributed by atoms with Crippen LogP contribution in [0, 0.1) is 0 Å². The number of halogens is 1. The number of ether oxygens (including phenoxy) is 1. The van der Waals surface area contributed by atoms with Crippen LogP contribution >= 0.6 is 11.6 Å². The number of rotatable bonds is 7. The maximum atomic E-state index is 12.5. The molecule has 3 rings (SSSR count). The van der Waals surface area contributed by atoms with Gasteiger partial charge in [-0.05, 0) is 40.7 Å². The van der Waals surface area contributed by atoms with Gasteiger partial charge in [-0.1, -0.05) is 69.6 Å². The largest absolute Gasteiger partial charge is 0.373 e. The topological polar surface area (TPSA) is 47.3 Å². The number of nitrogens with zero attached hydrogens (tertiary/aromatic N) is 2. The lowest BCUT2D eigenvalue weighted by atomic mass is 9.75. The van der Waals surface area contributed by atoms with Crippen molar-refractivity contribution in [1.82, 2.24) is 9.55 Å². The minimum atomic E-state index is -1.45. The third-order valence-corrected chi connectivity index (χ3v) is 5.56. The average Bonchev–Trinajstić information content (AvgIpc) is 3.16. The van der Waals surface area contributed by atoms with Gasteiger partial charge in [-0.25, -0.2) is 4.98 Å². The van der Waals surface area contributed by atoms with E-state index in [1.807, 2.05) is 22.9 Å². The second kappa shape index (κ2) is 8.70. The number of imidazole rings is 1. The molecule has 0 saturated heterocycles. The Hall–Kier alpha value is -2.14. The Kier molecular flexibility index (Phi) is 6.47. The van der Waals surface area contributed by atoms with E-state index in [2.05, 4.69) is 50.9 Å². The van der Waals surface area contributed by atoms with Crippen molar-refractivity contribution >= 4 is 11.6 Å². The highest BCUT2D eigenvalue weighted by Gasteiger charge is 2.42. The van der Waals surface area contributed by atoms with Gasteiger partial charge in [0.2, 0.25) is 0 Å². The minimum Gasteiger partial charge on any atom is -0.373 e. The zero-order chi connectivity index (χ0) is 21.2. The van der Waals surface area contributed by atoms with Crippen LogP contribution < -0.4 is 0 Å². The normalized spacial score (nSPS) is 13.8. The molecule has 0 radical (unpaired) electrons. The molecule has 154 valence electrons. The van der Waals surface area contributed by atoms with Gasteiger partial charge < -0.3 is 14.4 Å². The van der Waals surface area contributed by atoms with Crippen LogP contribution in [-0.2, 0) is 17.1 Å². The van der Waals surface area contributed by atoms with Crippen molar-refractivity contribution in [3.8, 4) is 0 Å². The van der Waals surface area contributed by atoms with Crippen molar-refractivity contribution in [2.24, 2.45) is 0 Å². The Labute approximate surface area is 178 Å². The number of aliphatic hydroxyl groups is 1. The lowest BCUT2D eigenvalue weighted by Gasteiger charge is -2.35. The molecule has 0 aliphatic heterocycles. The predicted molar refractivity (Wildman–Crippen MR) is 117 cm³/mol. The zero-order valence-corrected chi connectivity index (χ0v) is 18.4. The first-order chi connectivity index (χ1) is 13.8. The third-order valence-electron chi connectivity index (χ3n) is 5.30. The Bertz CT molecular complexity index is 937. The summed E-state index contributed by atoms with van der Waals surface area (Å²) >= 11 is 6.15. The maximum Gasteiger partial charge on any atom is 0.173 e. The Morgan fingerprint density at radius 2 is 1.62 bits per heavy atom. The van der Waals surface area contributed by atoms with Crippen LogP contribution in [0.3, 0.4) is 0 Å². The number of hydrogen-bond donors (Lipinski definition) is 1. The molecule has 0 aliphatic carbocycles. The second-order valence-electron chi connectivity index (χ2n) is 7.98. The molecule has 0 saturated carbocycles. The third kappa shape index (κ3) is 3.97. The van der Waals surface area contributed by atoms with Crippen LogP contribution in [0.2, 0.25) is 5.02 Å². The highest BCUT2D eigenvalue weighted by molar-refractivity contribution is 6.30. The van der Waals surface area contributed by atoms with Crippen LogP contribution in [0.5, 0.6) is 0 Å². The van der Waals surface area contributed by atoms with Crippen LogP contribution in [0.15, 0.2) is 54.9 Å². The Morgan fingerprint density at radius 1 is 1.03 bits per heavy atom. The molecule has 0 amide bonds. The molecule has 1 atom stereocenters. The van der Waals surface area contributed by atoms with Crippen molar-refractivity contribution in [2.75, 3.05) is 7.11 Å². The van der Waals surface area contributed by atoms with Gasteiger partial charge in [0.25, 0.3) is 0 Å². The standard InChI is InChI=1S/C24H29ClN2O2/c1-16(2)20-7-6-8-21(17(3)4)22(20)24(28,18-9-11-19(25)12-10-18)23-26-13-14-27(23)15-29-5/h6-14,16-17,28H,15H2,1-5H3. The molecule has 1 heterocycles. The molecule has 2 aromatic carbocycles. The maximum absolute atomic E-state index is 12.5. The summed E-state index contributed by atoms with van der Waals surface area (Å²) in [4.78, 5) is 4.58. The van der Waals surface area contributed by atoms with Crippen LogP contribution in [0.4, 0.5) is 0 Å².